The average Bonchev–Trinajstić information content (AvgIpc) is 3.55. The van der Waals surface area contributed by atoms with E-state index in [1.807, 2.05) is 17.6 Å². The van der Waals surface area contributed by atoms with Crippen molar-refractivity contribution in [3.05, 3.63) is 61.6 Å². The van der Waals surface area contributed by atoms with Gasteiger partial charge in [0.2, 0.25) is 5.43 Å². The van der Waals surface area contributed by atoms with Gasteiger partial charge in [-0.1, -0.05) is 5.16 Å². The molecule has 0 unspecified atom stereocenters. The van der Waals surface area contributed by atoms with Crippen molar-refractivity contribution in [2.75, 3.05) is 6.61 Å². The quantitative estimate of drug-likeness (QED) is 0.531. The number of thiophene rings is 1. The monoisotopic (exact) mass is 452 g/mol. The van der Waals surface area contributed by atoms with Crippen molar-refractivity contribution in [2.24, 2.45) is 5.16 Å². The molecule has 0 amide bonds. The molecule has 2 heterocycles. The third-order valence-corrected chi connectivity index (χ3v) is 7.07. The van der Waals surface area contributed by atoms with Crippen LogP contribution < -0.4 is 10.2 Å². The van der Waals surface area contributed by atoms with Crippen LogP contribution >= 0.6 is 11.3 Å². The predicted octanol–water partition coefficient (Wildman–Crippen LogP) is 4.56. The number of oxime groups is 1. The maximum Gasteiger partial charge on any atom is 0.341 e. The number of carboxylic acids is 1. The topological polar surface area (TPSA) is 90.1 Å². The van der Waals surface area contributed by atoms with Crippen LogP contribution in [-0.2, 0) is 24.3 Å². The number of fused-ring (bicyclic) bond motifs is 2. The number of aryl methyl sites for hydroxylation is 1. The van der Waals surface area contributed by atoms with Gasteiger partial charge in [0.1, 0.15) is 24.5 Å². The number of aromatic nitrogens is 1. The maximum atomic E-state index is 12.6. The highest BCUT2D eigenvalue weighted by Crippen LogP contribution is 2.37. The number of hydrogen-bond acceptors (Lipinski definition) is 6. The van der Waals surface area contributed by atoms with Gasteiger partial charge in [0.25, 0.3) is 0 Å². The van der Waals surface area contributed by atoms with Gasteiger partial charge >= 0.3 is 5.97 Å². The zero-order chi connectivity index (χ0) is 22.2. The van der Waals surface area contributed by atoms with Gasteiger partial charge in [0.05, 0.1) is 11.2 Å². The van der Waals surface area contributed by atoms with E-state index in [9.17, 15) is 14.7 Å². The maximum absolute atomic E-state index is 12.6. The van der Waals surface area contributed by atoms with Gasteiger partial charge in [0, 0.05) is 39.9 Å². The first kappa shape index (κ1) is 20.8. The number of carbonyl (C=O) groups is 1. The third kappa shape index (κ3) is 4.02. The van der Waals surface area contributed by atoms with Crippen LogP contribution in [0.4, 0.5) is 0 Å². The molecule has 0 aliphatic heterocycles. The standard InChI is InChI=1S/C24H24N2O5S/c1-2-31-25-15-3-8-22-14(9-15)10-18(32-22)13-30-17-6-7-19-21(11-17)26(16-4-5-16)12-20(23(19)27)24(28)29/h6-7,10-12,16H,2-5,8-9,13H2,1H3,(H,28,29)/b25-15-. The minimum Gasteiger partial charge on any atom is -0.488 e. The lowest BCUT2D eigenvalue weighted by Crippen LogP contribution is -2.18. The van der Waals surface area contributed by atoms with E-state index in [4.69, 9.17) is 9.57 Å². The predicted molar refractivity (Wildman–Crippen MR) is 123 cm³/mol. The molecule has 1 saturated carbocycles. The number of nitrogens with zero attached hydrogens (tertiary/aromatic N) is 2. The van der Waals surface area contributed by atoms with Crippen molar-refractivity contribution in [1.29, 1.82) is 0 Å². The van der Waals surface area contributed by atoms with Gasteiger partial charge in [-0.15, -0.1) is 11.3 Å². The molecule has 1 fully saturated rings. The second kappa shape index (κ2) is 8.43. The van der Waals surface area contributed by atoms with Crippen molar-refractivity contribution in [3.63, 3.8) is 0 Å². The minimum atomic E-state index is -1.19. The smallest absolute Gasteiger partial charge is 0.341 e. The van der Waals surface area contributed by atoms with Gasteiger partial charge in [0.15, 0.2) is 0 Å². The highest BCUT2D eigenvalue weighted by atomic mass is 32.1. The number of rotatable bonds is 7. The van der Waals surface area contributed by atoms with Crippen LogP contribution in [-0.4, -0.2) is 28.0 Å². The molecule has 0 saturated heterocycles. The molecule has 0 spiro atoms. The summed E-state index contributed by atoms with van der Waals surface area (Å²) in [6.07, 6.45) is 6.16. The molecule has 0 radical (unpaired) electrons. The summed E-state index contributed by atoms with van der Waals surface area (Å²) in [5.41, 5.74) is 2.46. The summed E-state index contributed by atoms with van der Waals surface area (Å²) in [4.78, 5) is 31.8. The van der Waals surface area contributed by atoms with E-state index in [0.717, 1.165) is 48.2 Å². The van der Waals surface area contributed by atoms with E-state index < -0.39 is 11.4 Å². The van der Waals surface area contributed by atoms with Crippen molar-refractivity contribution in [3.8, 4) is 5.75 Å². The number of ether oxygens (including phenoxy) is 1. The van der Waals surface area contributed by atoms with Gasteiger partial charge in [-0.2, -0.15) is 0 Å². The molecule has 166 valence electrons. The second-order valence-electron chi connectivity index (χ2n) is 8.20. The Morgan fingerprint density at radius 1 is 1.28 bits per heavy atom. The number of carboxylic acid groups (broad SMARTS) is 1. The molecular weight excluding hydrogens is 428 g/mol. The molecule has 0 bridgehead atoms. The van der Waals surface area contributed by atoms with Crippen molar-refractivity contribution in [2.45, 2.75) is 51.7 Å². The lowest BCUT2D eigenvalue weighted by molar-refractivity contribution is 0.0695. The molecule has 1 N–H and O–H groups in total. The number of hydrogen-bond donors (Lipinski definition) is 1. The van der Waals surface area contributed by atoms with E-state index >= 15 is 0 Å². The SMILES string of the molecule is CCO/N=C1/CCc2sc(COc3ccc4c(=O)c(C(=O)O)cn(C5CC5)c4c3)cc2C1. The Balaban J connectivity index is 1.37. The Morgan fingerprint density at radius 2 is 2.12 bits per heavy atom. The molecule has 2 aliphatic carbocycles. The Morgan fingerprint density at radius 3 is 2.88 bits per heavy atom. The molecule has 32 heavy (non-hydrogen) atoms. The first-order valence-corrected chi connectivity index (χ1v) is 11.7. The van der Waals surface area contributed by atoms with Gasteiger partial charge < -0.3 is 19.2 Å². The van der Waals surface area contributed by atoms with Crippen molar-refractivity contribution >= 4 is 33.9 Å². The summed E-state index contributed by atoms with van der Waals surface area (Å²) >= 11 is 1.77. The van der Waals surface area contributed by atoms with E-state index in [1.165, 1.54) is 16.6 Å². The van der Waals surface area contributed by atoms with E-state index in [-0.39, 0.29) is 11.6 Å². The zero-order valence-electron chi connectivity index (χ0n) is 17.8. The fourth-order valence-electron chi connectivity index (χ4n) is 4.14. The second-order valence-corrected chi connectivity index (χ2v) is 9.42. The lowest BCUT2D eigenvalue weighted by Gasteiger charge is -2.13. The summed E-state index contributed by atoms with van der Waals surface area (Å²) in [6.45, 7) is 2.96. The Hall–Kier alpha value is -3.13. The summed E-state index contributed by atoms with van der Waals surface area (Å²) in [7, 11) is 0. The van der Waals surface area contributed by atoms with Gasteiger partial charge in [-0.25, -0.2) is 4.79 Å². The normalized spacial score (nSPS) is 16.8. The van der Waals surface area contributed by atoms with Crippen LogP contribution in [0.15, 0.2) is 40.4 Å². The first-order valence-electron chi connectivity index (χ1n) is 10.9. The third-order valence-electron chi connectivity index (χ3n) is 5.86. The largest absolute Gasteiger partial charge is 0.488 e. The lowest BCUT2D eigenvalue weighted by atomic mass is 9.97. The van der Waals surface area contributed by atoms with E-state index in [1.54, 1.807) is 23.5 Å². The molecule has 3 aromatic rings. The van der Waals surface area contributed by atoms with Crippen molar-refractivity contribution < 1.29 is 19.5 Å². The summed E-state index contributed by atoms with van der Waals surface area (Å²) in [5, 5.41) is 14.0. The fourth-order valence-corrected chi connectivity index (χ4v) is 5.24. The highest BCUT2D eigenvalue weighted by molar-refractivity contribution is 7.12. The van der Waals surface area contributed by atoms with Crippen molar-refractivity contribution in [1.82, 2.24) is 4.57 Å². The van der Waals surface area contributed by atoms with Crippen LogP contribution in [0.25, 0.3) is 10.9 Å². The minimum absolute atomic E-state index is 0.186. The number of pyridine rings is 1. The molecule has 8 heteroatoms. The fraction of sp³-hybridized carbons (Fsp3) is 0.375. The molecule has 2 aliphatic rings. The first-order chi connectivity index (χ1) is 15.5. The van der Waals surface area contributed by atoms with Crippen LogP contribution in [0.1, 0.15) is 57.9 Å². The Labute approximate surface area is 188 Å². The number of aromatic carboxylic acids is 1. The molecule has 2 aromatic heterocycles. The summed E-state index contributed by atoms with van der Waals surface area (Å²) in [6, 6.07) is 7.69. The molecule has 1 aromatic carbocycles. The molecular formula is C24H24N2O5S. The van der Waals surface area contributed by atoms with E-state index in [0.29, 0.717) is 24.3 Å². The van der Waals surface area contributed by atoms with E-state index in [2.05, 4.69) is 11.2 Å². The van der Waals surface area contributed by atoms with Gasteiger partial charge in [-0.3, -0.25) is 4.79 Å². The molecule has 5 rings (SSSR count). The van der Waals surface area contributed by atoms with Crippen LogP contribution in [0.3, 0.4) is 0 Å². The number of benzene rings is 1. The summed E-state index contributed by atoms with van der Waals surface area (Å²) < 4.78 is 7.98. The Kier molecular flexibility index (Phi) is 5.46. The molecule has 0 atom stereocenters. The van der Waals surface area contributed by atoms with Crippen LogP contribution in [0.2, 0.25) is 0 Å². The van der Waals surface area contributed by atoms with Crippen LogP contribution in [0, 0.1) is 0 Å². The summed E-state index contributed by atoms with van der Waals surface area (Å²) in [5.74, 6) is -0.526. The molecule has 7 nitrogen and oxygen atoms in total. The average molecular weight is 453 g/mol. The van der Waals surface area contributed by atoms with Gasteiger partial charge in [-0.05, 0) is 56.4 Å². The zero-order valence-corrected chi connectivity index (χ0v) is 18.6. The van der Waals surface area contributed by atoms with Crippen LogP contribution in [0.5, 0.6) is 5.75 Å². The Bertz CT molecular complexity index is 1290. The highest BCUT2D eigenvalue weighted by Gasteiger charge is 2.27.